The summed E-state index contributed by atoms with van der Waals surface area (Å²) in [5.41, 5.74) is 0. The normalized spacial score (nSPS) is 10.8. The quantitative estimate of drug-likeness (QED) is 0.760. The van der Waals surface area contributed by atoms with Gasteiger partial charge in [-0.15, -0.1) is 0 Å². The third-order valence-corrected chi connectivity index (χ3v) is 2.53. The van der Waals surface area contributed by atoms with Crippen LogP contribution in [0.5, 0.6) is 0 Å². The number of ether oxygens (including phenoxy) is 1. The second kappa shape index (κ2) is 7.56. The molecule has 0 fully saturated rings. The van der Waals surface area contributed by atoms with Crippen LogP contribution in [-0.2, 0) is 4.74 Å². The van der Waals surface area contributed by atoms with Gasteiger partial charge in [0.15, 0.2) is 0 Å². The van der Waals surface area contributed by atoms with Gasteiger partial charge in [-0.05, 0) is 6.07 Å². The van der Waals surface area contributed by atoms with Crippen molar-refractivity contribution in [2.24, 2.45) is 0 Å². The highest BCUT2D eigenvalue weighted by Crippen LogP contribution is 2.28. The van der Waals surface area contributed by atoms with Crippen molar-refractivity contribution in [3.63, 3.8) is 0 Å². The van der Waals surface area contributed by atoms with Gasteiger partial charge < -0.3 is 15.4 Å². The summed E-state index contributed by atoms with van der Waals surface area (Å²) >= 11 is 11.8. The molecule has 4 nitrogen and oxygen atoms in total. The minimum absolute atomic E-state index is 0.139. The Labute approximate surface area is 114 Å². The number of hydrogen-bond acceptors (Lipinski definition) is 4. The fraction of sp³-hybridized carbons (Fsp3) is 0.500. The van der Waals surface area contributed by atoms with Crippen LogP contribution in [0.25, 0.3) is 0 Å². The van der Waals surface area contributed by atoms with Gasteiger partial charge in [-0.25, -0.2) is 13.8 Å². The molecule has 1 aromatic heterocycles. The van der Waals surface area contributed by atoms with Crippen LogP contribution >= 0.6 is 23.2 Å². The highest BCUT2D eigenvalue weighted by Gasteiger charge is 2.08. The first-order chi connectivity index (χ1) is 8.54. The van der Waals surface area contributed by atoms with E-state index in [4.69, 9.17) is 27.9 Å². The van der Waals surface area contributed by atoms with Gasteiger partial charge in [0, 0.05) is 13.6 Å². The van der Waals surface area contributed by atoms with Crippen LogP contribution in [0.1, 0.15) is 0 Å². The molecule has 1 rings (SSSR count). The molecule has 0 aliphatic rings. The predicted molar refractivity (Wildman–Crippen MR) is 69.1 cm³/mol. The summed E-state index contributed by atoms with van der Waals surface area (Å²) in [7, 11) is 1.68. The van der Waals surface area contributed by atoms with E-state index in [1.807, 2.05) is 0 Å². The second-order valence-electron chi connectivity index (χ2n) is 3.29. The van der Waals surface area contributed by atoms with E-state index in [9.17, 15) is 8.78 Å². The van der Waals surface area contributed by atoms with Crippen molar-refractivity contribution in [3.8, 4) is 0 Å². The summed E-state index contributed by atoms with van der Waals surface area (Å²) in [5, 5.41) is 6.44. The Kier molecular flexibility index (Phi) is 6.38. The molecule has 0 amide bonds. The molecule has 0 saturated heterocycles. The maximum atomic E-state index is 11.8. The number of halogens is 4. The second-order valence-corrected chi connectivity index (χ2v) is 4.11. The van der Waals surface area contributed by atoms with Crippen molar-refractivity contribution in [2.45, 2.75) is 6.43 Å². The molecular weight excluding hydrogens is 287 g/mol. The summed E-state index contributed by atoms with van der Waals surface area (Å²) in [6.07, 6.45) is -2.46. The molecule has 8 heteroatoms. The molecule has 0 bridgehead atoms. The SMILES string of the molecule is CNc1nc(NCCOCC(F)F)c(Cl)cc1Cl. The van der Waals surface area contributed by atoms with Crippen molar-refractivity contribution in [1.29, 1.82) is 0 Å². The maximum Gasteiger partial charge on any atom is 0.261 e. The molecule has 1 aromatic rings. The first kappa shape index (κ1) is 15.2. The molecule has 0 saturated carbocycles. The van der Waals surface area contributed by atoms with Gasteiger partial charge in [0.2, 0.25) is 0 Å². The van der Waals surface area contributed by atoms with Crippen molar-refractivity contribution in [3.05, 3.63) is 16.1 Å². The highest BCUT2D eigenvalue weighted by molar-refractivity contribution is 6.37. The zero-order chi connectivity index (χ0) is 13.5. The molecular formula is C10H13Cl2F2N3O. The van der Waals surface area contributed by atoms with E-state index in [2.05, 4.69) is 15.6 Å². The number of nitrogens with zero attached hydrogens (tertiary/aromatic N) is 1. The van der Waals surface area contributed by atoms with Crippen molar-refractivity contribution in [1.82, 2.24) is 4.98 Å². The van der Waals surface area contributed by atoms with Crippen LogP contribution in [0.15, 0.2) is 6.07 Å². The summed E-state index contributed by atoms with van der Waals surface area (Å²) in [4.78, 5) is 4.13. The third-order valence-electron chi connectivity index (χ3n) is 1.95. The van der Waals surface area contributed by atoms with Crippen molar-refractivity contribution >= 4 is 34.8 Å². The van der Waals surface area contributed by atoms with E-state index in [0.717, 1.165) is 0 Å². The summed E-state index contributed by atoms with van der Waals surface area (Å²) in [6, 6.07) is 1.55. The minimum Gasteiger partial charge on any atom is -0.374 e. The van der Waals surface area contributed by atoms with E-state index < -0.39 is 13.0 Å². The van der Waals surface area contributed by atoms with Gasteiger partial charge in [-0.2, -0.15) is 0 Å². The first-order valence-corrected chi connectivity index (χ1v) is 5.93. The number of nitrogens with one attached hydrogen (secondary N) is 2. The van der Waals surface area contributed by atoms with Crippen LogP contribution in [0, 0.1) is 0 Å². The van der Waals surface area contributed by atoms with Crippen LogP contribution in [0.4, 0.5) is 20.4 Å². The van der Waals surface area contributed by atoms with Gasteiger partial charge in [0.25, 0.3) is 6.43 Å². The van der Waals surface area contributed by atoms with Gasteiger partial charge >= 0.3 is 0 Å². The Bertz CT molecular complexity index is 394. The lowest BCUT2D eigenvalue weighted by Gasteiger charge is -2.10. The van der Waals surface area contributed by atoms with Crippen molar-refractivity contribution in [2.75, 3.05) is 37.4 Å². The van der Waals surface area contributed by atoms with Crippen LogP contribution in [0.3, 0.4) is 0 Å². The maximum absolute atomic E-state index is 11.8. The molecule has 0 radical (unpaired) electrons. The van der Waals surface area contributed by atoms with Crippen LogP contribution < -0.4 is 10.6 Å². The number of pyridine rings is 1. The minimum atomic E-state index is -2.46. The number of anilines is 2. The fourth-order valence-corrected chi connectivity index (χ4v) is 1.70. The van der Waals surface area contributed by atoms with Gasteiger partial charge in [0.05, 0.1) is 16.7 Å². The fourth-order valence-electron chi connectivity index (χ4n) is 1.18. The topological polar surface area (TPSA) is 46.2 Å². The third kappa shape index (κ3) is 4.80. The molecule has 1 heterocycles. The molecule has 18 heavy (non-hydrogen) atoms. The number of aromatic nitrogens is 1. The Hall–Kier alpha value is -0.850. The average molecular weight is 300 g/mol. The Morgan fingerprint density at radius 3 is 2.61 bits per heavy atom. The zero-order valence-corrected chi connectivity index (χ0v) is 11.2. The zero-order valence-electron chi connectivity index (χ0n) is 9.64. The van der Waals surface area contributed by atoms with Crippen molar-refractivity contribution < 1.29 is 13.5 Å². The lowest BCUT2D eigenvalue weighted by atomic mass is 10.4. The smallest absolute Gasteiger partial charge is 0.261 e. The molecule has 0 aliphatic heterocycles. The van der Waals surface area contributed by atoms with Gasteiger partial charge in [-0.3, -0.25) is 0 Å². The highest BCUT2D eigenvalue weighted by atomic mass is 35.5. The molecule has 0 aromatic carbocycles. The summed E-state index contributed by atoms with van der Waals surface area (Å²) in [5.74, 6) is 0.906. The largest absolute Gasteiger partial charge is 0.374 e. The van der Waals surface area contributed by atoms with Crippen LogP contribution in [-0.4, -0.2) is 38.2 Å². The van der Waals surface area contributed by atoms with E-state index in [0.29, 0.717) is 28.2 Å². The Balaban J connectivity index is 2.47. The molecule has 0 spiro atoms. The van der Waals surface area contributed by atoms with E-state index in [-0.39, 0.29) is 6.61 Å². The lowest BCUT2D eigenvalue weighted by molar-refractivity contribution is 0.0215. The van der Waals surface area contributed by atoms with E-state index in [1.54, 1.807) is 13.1 Å². The molecule has 0 aliphatic carbocycles. The summed E-state index contributed by atoms with van der Waals surface area (Å²) in [6.45, 7) is -0.116. The monoisotopic (exact) mass is 299 g/mol. The van der Waals surface area contributed by atoms with Gasteiger partial charge in [0.1, 0.15) is 18.2 Å². The molecule has 0 unspecified atom stereocenters. The molecule has 2 N–H and O–H groups in total. The average Bonchev–Trinajstić information content (AvgIpc) is 2.30. The number of hydrogen-bond donors (Lipinski definition) is 2. The lowest BCUT2D eigenvalue weighted by Crippen LogP contribution is -2.14. The standard InChI is InChI=1S/C10H13Cl2F2N3O/c1-15-9-6(11)4-7(12)10(17-9)16-2-3-18-5-8(13)14/h4,8H,2-3,5H2,1H3,(H2,15,16,17). The number of alkyl halides is 2. The molecule has 102 valence electrons. The number of rotatable bonds is 7. The van der Waals surface area contributed by atoms with E-state index in [1.165, 1.54) is 0 Å². The summed E-state index contributed by atoms with van der Waals surface area (Å²) < 4.78 is 28.3. The Morgan fingerprint density at radius 1 is 1.33 bits per heavy atom. The molecule has 0 atom stereocenters. The first-order valence-electron chi connectivity index (χ1n) is 5.18. The van der Waals surface area contributed by atoms with Gasteiger partial charge in [-0.1, -0.05) is 23.2 Å². The Morgan fingerprint density at radius 2 is 2.00 bits per heavy atom. The predicted octanol–water partition coefficient (Wildman–Crippen LogP) is 3.12. The van der Waals surface area contributed by atoms with E-state index >= 15 is 0 Å². The van der Waals surface area contributed by atoms with Crippen LogP contribution in [0.2, 0.25) is 10.0 Å².